The van der Waals surface area contributed by atoms with Gasteiger partial charge in [-0.15, -0.1) is 0 Å². The molecule has 0 aromatic carbocycles. The second-order valence-electron chi connectivity index (χ2n) is 3.31. The predicted octanol–water partition coefficient (Wildman–Crippen LogP) is 4.30. The van der Waals surface area contributed by atoms with Gasteiger partial charge in [0.1, 0.15) is 0 Å². The highest BCUT2D eigenvalue weighted by atomic mass is 79.9. The van der Waals surface area contributed by atoms with Crippen molar-refractivity contribution >= 4 is 15.9 Å². The van der Waals surface area contributed by atoms with Crippen LogP contribution in [0.3, 0.4) is 0 Å². The average Bonchev–Trinajstić information content (AvgIpc) is 2.11. The summed E-state index contributed by atoms with van der Waals surface area (Å²) in [4.78, 5) is 2.79. The van der Waals surface area contributed by atoms with Gasteiger partial charge in [0.2, 0.25) is 0 Å². The summed E-state index contributed by atoms with van der Waals surface area (Å²) in [6, 6.07) is 0. The monoisotopic (exact) mass is 243 g/mol. The van der Waals surface area contributed by atoms with Crippen LogP contribution in [0.1, 0.15) is 38.5 Å². The molecular weight excluding hydrogens is 230 g/mol. The summed E-state index contributed by atoms with van der Waals surface area (Å²) in [5.74, 6) is 0. The molecule has 72 valence electrons. The molecule has 4 heteroatoms. The van der Waals surface area contributed by atoms with Crippen LogP contribution in [0.5, 0.6) is 0 Å². The van der Waals surface area contributed by atoms with Crippen molar-refractivity contribution in [3.05, 3.63) is 20.5 Å². The molecule has 1 rings (SSSR count). The summed E-state index contributed by atoms with van der Waals surface area (Å²) in [7, 11) is 0. The van der Waals surface area contributed by atoms with E-state index in [-0.39, 0.29) is 0 Å². The first-order valence-electron chi connectivity index (χ1n) is 4.72. The van der Waals surface area contributed by atoms with Crippen LogP contribution in [0.15, 0.2) is 15.2 Å². The number of halogens is 1. The average molecular weight is 244 g/mol. The maximum atomic E-state index is 8.23. The van der Waals surface area contributed by atoms with Gasteiger partial charge in [-0.25, -0.2) is 0 Å². The first-order chi connectivity index (χ1) is 6.34. The van der Waals surface area contributed by atoms with Gasteiger partial charge >= 0.3 is 0 Å². The Kier molecular flexibility index (Phi) is 4.94. The summed E-state index contributed by atoms with van der Waals surface area (Å²) >= 11 is 3.57. The highest BCUT2D eigenvalue weighted by Gasteiger charge is 2.06. The lowest BCUT2D eigenvalue weighted by Gasteiger charge is -2.12. The molecule has 0 heterocycles. The summed E-state index contributed by atoms with van der Waals surface area (Å²) in [6.45, 7) is 0.539. The zero-order valence-corrected chi connectivity index (χ0v) is 9.26. The van der Waals surface area contributed by atoms with Crippen LogP contribution in [0, 0.1) is 0 Å². The zero-order valence-electron chi connectivity index (χ0n) is 7.67. The number of nitrogens with zero attached hydrogens (tertiary/aromatic N) is 3. The normalized spacial score (nSPS) is 24.4. The minimum atomic E-state index is 0.539. The van der Waals surface area contributed by atoms with Crippen molar-refractivity contribution in [2.75, 3.05) is 6.54 Å². The fourth-order valence-corrected chi connectivity index (χ4v) is 2.17. The van der Waals surface area contributed by atoms with Crippen molar-refractivity contribution in [3.63, 3.8) is 0 Å². The molecule has 0 unspecified atom stereocenters. The summed E-state index contributed by atoms with van der Waals surface area (Å²) in [5, 5.41) is 3.61. The van der Waals surface area contributed by atoms with E-state index in [2.05, 4.69) is 26.0 Å². The topological polar surface area (TPSA) is 48.8 Å². The second kappa shape index (κ2) is 6.06. The van der Waals surface area contributed by atoms with Crippen LogP contribution >= 0.6 is 15.9 Å². The Balaban J connectivity index is 2.61. The number of hydrogen-bond acceptors (Lipinski definition) is 1. The lowest BCUT2D eigenvalue weighted by Crippen LogP contribution is -1.96. The van der Waals surface area contributed by atoms with Gasteiger partial charge in [0.05, 0.1) is 0 Å². The third kappa shape index (κ3) is 3.83. The highest BCUT2D eigenvalue weighted by Crippen LogP contribution is 2.27. The molecule has 0 atom stereocenters. The lowest BCUT2D eigenvalue weighted by molar-refractivity contribution is 0.618. The molecule has 0 aromatic heterocycles. The van der Waals surface area contributed by atoms with Crippen molar-refractivity contribution in [2.24, 2.45) is 5.11 Å². The van der Waals surface area contributed by atoms with E-state index in [1.807, 2.05) is 0 Å². The molecule has 0 amide bonds. The van der Waals surface area contributed by atoms with Crippen LogP contribution < -0.4 is 0 Å². The summed E-state index contributed by atoms with van der Waals surface area (Å²) in [5.41, 5.74) is 9.52. The van der Waals surface area contributed by atoms with Crippen molar-refractivity contribution in [3.8, 4) is 0 Å². The largest absolute Gasteiger partial charge is 0.0896 e. The van der Waals surface area contributed by atoms with Gasteiger partial charge < -0.3 is 0 Å². The molecular formula is C9H14BrN3. The third-order valence-corrected chi connectivity index (χ3v) is 3.29. The maximum absolute atomic E-state index is 8.23. The minimum absolute atomic E-state index is 0.539. The molecule has 0 aliphatic heterocycles. The van der Waals surface area contributed by atoms with Gasteiger partial charge in [-0.05, 0) is 35.7 Å². The molecule has 0 saturated heterocycles. The zero-order chi connectivity index (χ0) is 9.52. The minimum Gasteiger partial charge on any atom is -0.0896 e. The Morgan fingerprint density at radius 2 is 1.92 bits per heavy atom. The van der Waals surface area contributed by atoms with E-state index in [9.17, 15) is 0 Å². The Morgan fingerprint density at radius 3 is 2.62 bits per heavy atom. The summed E-state index contributed by atoms with van der Waals surface area (Å²) in [6.07, 6.45) is 7.30. The first-order valence-corrected chi connectivity index (χ1v) is 5.51. The predicted molar refractivity (Wildman–Crippen MR) is 57.7 cm³/mol. The number of allylic oxidation sites excluding steroid dienone is 1. The highest BCUT2D eigenvalue weighted by molar-refractivity contribution is 9.11. The fourth-order valence-electron chi connectivity index (χ4n) is 1.57. The molecule has 1 aliphatic rings. The van der Waals surface area contributed by atoms with Gasteiger partial charge in [-0.1, -0.05) is 39.5 Å². The molecule has 0 N–H and O–H groups in total. The van der Waals surface area contributed by atoms with Crippen molar-refractivity contribution < 1.29 is 0 Å². The van der Waals surface area contributed by atoms with E-state index in [1.165, 1.54) is 35.7 Å². The Morgan fingerprint density at radius 1 is 1.23 bits per heavy atom. The third-order valence-electron chi connectivity index (χ3n) is 2.33. The molecule has 0 fully saturated rings. The number of hydrogen-bond donors (Lipinski definition) is 0. The first kappa shape index (κ1) is 10.6. The molecule has 13 heavy (non-hydrogen) atoms. The van der Waals surface area contributed by atoms with Gasteiger partial charge in [-0.2, -0.15) is 0 Å². The molecule has 0 saturated carbocycles. The number of rotatable bonds is 2. The SMILES string of the molecule is [N-]=[N+]=NC/C1=C(\Br)CCCCCC1. The van der Waals surface area contributed by atoms with Gasteiger partial charge in [0.25, 0.3) is 0 Å². The van der Waals surface area contributed by atoms with E-state index in [0.717, 1.165) is 12.8 Å². The Hall–Kier alpha value is -0.470. The molecule has 0 radical (unpaired) electrons. The van der Waals surface area contributed by atoms with Gasteiger partial charge in [0, 0.05) is 11.5 Å². The van der Waals surface area contributed by atoms with E-state index < -0.39 is 0 Å². The maximum Gasteiger partial charge on any atom is 0.0480 e. The van der Waals surface area contributed by atoms with E-state index >= 15 is 0 Å². The smallest absolute Gasteiger partial charge is 0.0480 e. The lowest BCUT2D eigenvalue weighted by atomic mass is 10.0. The van der Waals surface area contributed by atoms with Crippen LogP contribution in [-0.2, 0) is 0 Å². The molecule has 3 nitrogen and oxygen atoms in total. The fraction of sp³-hybridized carbons (Fsp3) is 0.778. The molecule has 0 bridgehead atoms. The van der Waals surface area contributed by atoms with Gasteiger partial charge in [0.15, 0.2) is 0 Å². The van der Waals surface area contributed by atoms with Crippen LogP contribution in [0.2, 0.25) is 0 Å². The second-order valence-corrected chi connectivity index (χ2v) is 4.27. The Labute approximate surface area is 87.0 Å². The molecule has 0 spiro atoms. The van der Waals surface area contributed by atoms with E-state index in [1.54, 1.807) is 0 Å². The quantitative estimate of drug-likeness (QED) is 0.395. The summed E-state index contributed by atoms with van der Waals surface area (Å²) < 4.78 is 1.26. The van der Waals surface area contributed by atoms with Crippen molar-refractivity contribution in [1.29, 1.82) is 0 Å². The molecule has 0 aromatic rings. The van der Waals surface area contributed by atoms with E-state index in [0.29, 0.717) is 6.54 Å². The van der Waals surface area contributed by atoms with Crippen LogP contribution in [-0.4, -0.2) is 6.54 Å². The van der Waals surface area contributed by atoms with Crippen LogP contribution in [0.4, 0.5) is 0 Å². The number of azide groups is 1. The Bertz CT molecular complexity index is 241. The van der Waals surface area contributed by atoms with Crippen LogP contribution in [0.25, 0.3) is 10.4 Å². The van der Waals surface area contributed by atoms with Crippen molar-refractivity contribution in [1.82, 2.24) is 0 Å². The standard InChI is InChI=1S/C9H14BrN3/c10-9-6-4-2-1-3-5-8(9)7-12-13-11/h1-7H2/b9-8-. The van der Waals surface area contributed by atoms with E-state index in [4.69, 9.17) is 5.53 Å². The van der Waals surface area contributed by atoms with Crippen molar-refractivity contribution in [2.45, 2.75) is 38.5 Å². The molecule has 1 aliphatic carbocycles. The van der Waals surface area contributed by atoms with Gasteiger partial charge in [-0.3, -0.25) is 0 Å².